The number of aliphatic hydroxyl groups excluding tert-OH is 1. The molecule has 1 aliphatic heterocycles. The van der Waals surface area contributed by atoms with Gasteiger partial charge in [-0.2, -0.15) is 0 Å². The average Bonchev–Trinajstić information content (AvgIpc) is 3.29. The molecule has 2 heterocycles. The highest BCUT2D eigenvalue weighted by molar-refractivity contribution is 5.94. The van der Waals surface area contributed by atoms with Crippen LogP contribution in [0.25, 0.3) is 0 Å². The van der Waals surface area contributed by atoms with Crippen molar-refractivity contribution in [3.05, 3.63) is 105 Å². The summed E-state index contributed by atoms with van der Waals surface area (Å²) >= 11 is 0. The quantitative estimate of drug-likeness (QED) is 0.517. The van der Waals surface area contributed by atoms with E-state index in [0.717, 1.165) is 30.4 Å². The van der Waals surface area contributed by atoms with Crippen LogP contribution in [0.3, 0.4) is 0 Å². The molecule has 0 radical (unpaired) electrons. The first-order chi connectivity index (χ1) is 15.9. The Kier molecular flexibility index (Phi) is 7.01. The number of hydrogen-bond donors (Lipinski definition) is 3. The number of nitrogens with zero attached hydrogens (tertiary/aromatic N) is 1. The summed E-state index contributed by atoms with van der Waals surface area (Å²) in [5.74, 6) is -0.401. The number of rotatable bonds is 7. The van der Waals surface area contributed by atoms with Crippen molar-refractivity contribution in [3.8, 4) is 0 Å². The molecular formula is C26H28FN3O3. The maximum Gasteiger partial charge on any atom is 0.253 e. The number of halogens is 1. The Hall–Kier alpha value is -3.29. The van der Waals surface area contributed by atoms with E-state index in [-0.39, 0.29) is 29.4 Å². The Morgan fingerprint density at radius 3 is 2.42 bits per heavy atom. The molecule has 3 N–H and O–H groups in total. The number of H-pyrrole nitrogens is 1. The van der Waals surface area contributed by atoms with Crippen LogP contribution in [0.4, 0.5) is 4.39 Å². The van der Waals surface area contributed by atoms with Crippen LogP contribution in [0.1, 0.15) is 46.0 Å². The van der Waals surface area contributed by atoms with Crippen molar-refractivity contribution in [2.45, 2.75) is 44.0 Å². The van der Waals surface area contributed by atoms with Crippen molar-refractivity contribution < 1.29 is 14.3 Å². The van der Waals surface area contributed by atoms with Gasteiger partial charge in [0, 0.05) is 43.5 Å². The monoisotopic (exact) mass is 449 g/mol. The lowest BCUT2D eigenvalue weighted by atomic mass is 10.0. The van der Waals surface area contributed by atoms with Gasteiger partial charge in [0.1, 0.15) is 5.82 Å². The molecule has 0 aliphatic carbocycles. The third kappa shape index (κ3) is 5.74. The van der Waals surface area contributed by atoms with Crippen molar-refractivity contribution in [1.82, 2.24) is 15.2 Å². The van der Waals surface area contributed by atoms with Crippen LogP contribution in [0.5, 0.6) is 0 Å². The predicted octanol–water partition coefficient (Wildman–Crippen LogP) is 3.18. The third-order valence-electron chi connectivity index (χ3n) is 6.17. The van der Waals surface area contributed by atoms with Gasteiger partial charge in [0.25, 0.3) is 5.91 Å². The van der Waals surface area contributed by atoms with E-state index in [1.807, 2.05) is 24.3 Å². The predicted molar refractivity (Wildman–Crippen MR) is 124 cm³/mol. The lowest BCUT2D eigenvalue weighted by molar-refractivity contribution is 0.0785. The van der Waals surface area contributed by atoms with Crippen molar-refractivity contribution in [1.29, 1.82) is 0 Å². The Labute approximate surface area is 192 Å². The highest BCUT2D eigenvalue weighted by Crippen LogP contribution is 2.27. The molecule has 7 heteroatoms. The molecule has 1 aliphatic rings. The fourth-order valence-corrected chi connectivity index (χ4v) is 4.33. The lowest BCUT2D eigenvalue weighted by Gasteiger charge is -2.21. The molecule has 2 aromatic carbocycles. The van der Waals surface area contributed by atoms with E-state index >= 15 is 0 Å². The summed E-state index contributed by atoms with van der Waals surface area (Å²) < 4.78 is 13.1. The molecule has 0 bridgehead atoms. The topological polar surface area (TPSA) is 85.4 Å². The molecule has 172 valence electrons. The Morgan fingerprint density at radius 2 is 1.76 bits per heavy atom. The van der Waals surface area contributed by atoms with Crippen molar-refractivity contribution in [2.24, 2.45) is 0 Å². The number of aromatic nitrogens is 1. The summed E-state index contributed by atoms with van der Waals surface area (Å²) in [4.78, 5) is 28.1. The van der Waals surface area contributed by atoms with Crippen molar-refractivity contribution >= 4 is 5.91 Å². The van der Waals surface area contributed by atoms with Crippen LogP contribution in [0, 0.1) is 5.82 Å². The smallest absolute Gasteiger partial charge is 0.253 e. The molecule has 1 fully saturated rings. The zero-order valence-corrected chi connectivity index (χ0v) is 18.5. The largest absolute Gasteiger partial charge is 0.387 e. The van der Waals surface area contributed by atoms with Gasteiger partial charge in [-0.15, -0.1) is 0 Å². The van der Waals surface area contributed by atoms with E-state index in [2.05, 4.69) is 10.3 Å². The van der Waals surface area contributed by atoms with Crippen LogP contribution in [-0.4, -0.2) is 40.0 Å². The molecule has 3 atom stereocenters. The summed E-state index contributed by atoms with van der Waals surface area (Å²) in [6, 6.07) is 16.9. The normalized spacial score (nSPS) is 18.8. The first-order valence-electron chi connectivity index (χ1n) is 11.1. The third-order valence-corrected chi connectivity index (χ3v) is 6.17. The highest BCUT2D eigenvalue weighted by Gasteiger charge is 2.30. The number of aliphatic hydroxyl groups is 1. The number of aromatic amines is 1. The molecule has 0 saturated carbocycles. The number of carbonyl (C=O) groups is 1. The zero-order chi connectivity index (χ0) is 23.4. The maximum atomic E-state index is 13.1. The minimum Gasteiger partial charge on any atom is -0.387 e. The maximum absolute atomic E-state index is 13.1. The summed E-state index contributed by atoms with van der Waals surface area (Å²) in [6.07, 6.45) is 3.52. The van der Waals surface area contributed by atoms with Gasteiger partial charge in [-0.25, -0.2) is 4.39 Å². The average molecular weight is 450 g/mol. The lowest BCUT2D eigenvalue weighted by Crippen LogP contribution is -2.35. The number of carbonyl (C=O) groups excluding carboxylic acids is 1. The van der Waals surface area contributed by atoms with E-state index in [0.29, 0.717) is 17.7 Å². The van der Waals surface area contributed by atoms with E-state index in [1.165, 1.54) is 18.2 Å². The van der Waals surface area contributed by atoms with E-state index in [4.69, 9.17) is 0 Å². The number of benzene rings is 2. The second-order valence-corrected chi connectivity index (χ2v) is 8.67. The summed E-state index contributed by atoms with van der Waals surface area (Å²) in [6.45, 7) is 0.404. The van der Waals surface area contributed by atoms with E-state index < -0.39 is 6.10 Å². The van der Waals surface area contributed by atoms with Crippen molar-refractivity contribution in [2.75, 3.05) is 7.05 Å². The van der Waals surface area contributed by atoms with Crippen LogP contribution in [-0.2, 0) is 13.0 Å². The number of nitrogens with one attached hydrogen (secondary N) is 2. The minimum atomic E-state index is -0.673. The SMILES string of the molecule is CN(Cc1ccc(=O)[nH]c1)C(=O)c1ccc(CC2CCC(C(O)c3ccc(F)cc3)N2)cc1. The second kappa shape index (κ2) is 10.1. The van der Waals surface area contributed by atoms with Gasteiger partial charge in [-0.3, -0.25) is 9.59 Å². The fraction of sp³-hybridized carbons (Fsp3) is 0.308. The summed E-state index contributed by atoms with van der Waals surface area (Å²) in [5.41, 5.74) is 3.12. The summed E-state index contributed by atoms with van der Waals surface area (Å²) in [7, 11) is 1.73. The molecule has 3 unspecified atom stereocenters. The second-order valence-electron chi connectivity index (χ2n) is 8.67. The molecule has 33 heavy (non-hydrogen) atoms. The molecule has 3 aromatic rings. The Bertz CT molecular complexity index is 1120. The number of amides is 1. The summed E-state index contributed by atoms with van der Waals surface area (Å²) in [5, 5.41) is 14.1. The van der Waals surface area contributed by atoms with Crippen molar-refractivity contribution in [3.63, 3.8) is 0 Å². The van der Waals surface area contributed by atoms with E-state index in [1.54, 1.807) is 36.3 Å². The van der Waals surface area contributed by atoms with Gasteiger partial charge in [0.05, 0.1) is 6.10 Å². The highest BCUT2D eigenvalue weighted by atomic mass is 19.1. The van der Waals surface area contributed by atoms with Crippen LogP contribution in [0.2, 0.25) is 0 Å². The van der Waals surface area contributed by atoms with Gasteiger partial charge in [-0.1, -0.05) is 30.3 Å². The van der Waals surface area contributed by atoms with Gasteiger partial charge < -0.3 is 20.3 Å². The van der Waals surface area contributed by atoms with Gasteiger partial charge in [0.2, 0.25) is 5.56 Å². The van der Waals surface area contributed by atoms with Gasteiger partial charge in [-0.05, 0) is 60.2 Å². The molecule has 4 rings (SSSR count). The fourth-order valence-electron chi connectivity index (χ4n) is 4.33. The first kappa shape index (κ1) is 22.9. The Balaban J connectivity index is 1.31. The number of hydrogen-bond acceptors (Lipinski definition) is 4. The van der Waals surface area contributed by atoms with Gasteiger partial charge >= 0.3 is 0 Å². The minimum absolute atomic E-state index is 0.0668. The standard InChI is InChI=1S/C26H28FN3O3/c1-30(16-18-4-13-24(31)28-15-18)26(33)20-5-2-17(3-6-20)14-22-11-12-23(29-22)25(32)19-7-9-21(27)10-8-19/h2-10,13,15,22-23,25,29,32H,11-12,14,16H2,1H3,(H,28,31). The zero-order valence-electron chi connectivity index (χ0n) is 18.5. The van der Waals surface area contributed by atoms with E-state index in [9.17, 15) is 19.1 Å². The van der Waals surface area contributed by atoms with Crippen LogP contribution < -0.4 is 10.9 Å². The first-order valence-corrected chi connectivity index (χ1v) is 11.1. The van der Waals surface area contributed by atoms with Gasteiger partial charge in [0.15, 0.2) is 0 Å². The number of pyridine rings is 1. The molecular weight excluding hydrogens is 421 g/mol. The molecule has 1 saturated heterocycles. The van der Waals surface area contributed by atoms with Crippen LogP contribution in [0.15, 0.2) is 71.7 Å². The Morgan fingerprint density at radius 1 is 1.06 bits per heavy atom. The molecule has 1 aromatic heterocycles. The molecule has 6 nitrogen and oxygen atoms in total. The molecule has 1 amide bonds. The van der Waals surface area contributed by atoms with Crippen LogP contribution >= 0.6 is 0 Å². The molecule has 0 spiro atoms.